The molecule has 284 valence electrons. The first-order valence-corrected chi connectivity index (χ1v) is 17.7. The van der Waals surface area contributed by atoms with Crippen LogP contribution in [0.4, 0.5) is 0 Å². The minimum Gasteiger partial charge on any atom is -0.508 e. The molecule has 0 saturated carbocycles. The number of methoxy groups -OCH3 is 1. The van der Waals surface area contributed by atoms with Crippen molar-refractivity contribution in [2.75, 3.05) is 7.11 Å². The average molecular weight is 718 g/mol. The number of benzene rings is 1. The molecule has 9 nitrogen and oxygen atoms in total. The maximum Gasteiger partial charge on any atom is 0.309 e. The van der Waals surface area contributed by atoms with Crippen LogP contribution in [0.2, 0.25) is 0 Å². The first-order valence-electron chi connectivity index (χ1n) is 17.7. The predicted octanol–water partition coefficient (Wildman–Crippen LogP) is 7.28. The zero-order valence-corrected chi connectivity index (χ0v) is 31.7. The van der Waals surface area contributed by atoms with E-state index in [1.807, 2.05) is 95.4 Å². The number of aliphatic carboxylic acids is 1. The van der Waals surface area contributed by atoms with Crippen LogP contribution in [0.3, 0.4) is 0 Å². The summed E-state index contributed by atoms with van der Waals surface area (Å²) in [5, 5.41) is 42.1. The molecule has 1 aromatic carbocycles. The molecule has 0 aliphatic heterocycles. The van der Waals surface area contributed by atoms with Gasteiger partial charge in [0.15, 0.2) is 5.78 Å². The summed E-state index contributed by atoms with van der Waals surface area (Å²) < 4.78 is 5.32. The van der Waals surface area contributed by atoms with Crippen molar-refractivity contribution >= 4 is 17.7 Å². The summed E-state index contributed by atoms with van der Waals surface area (Å²) in [4.78, 5) is 36.2. The third kappa shape index (κ3) is 20.3. The van der Waals surface area contributed by atoms with E-state index < -0.39 is 30.2 Å². The summed E-state index contributed by atoms with van der Waals surface area (Å²) >= 11 is 0. The van der Waals surface area contributed by atoms with E-state index in [1.165, 1.54) is 13.2 Å². The second-order valence-corrected chi connectivity index (χ2v) is 13.2. The van der Waals surface area contributed by atoms with E-state index in [4.69, 9.17) is 4.74 Å². The Hall–Kier alpha value is -4.57. The standard InChI is InChI=1S/C43H59NO8/c1-30(14-8-9-17-32(3)41(52-7)35(6)43(50)51)15-12-20-39(47)29-40(48)21-13-16-31(2)22-23-34(5)44-42(49)33(4)18-10-11-19-38(46)28-36-24-26-37(45)27-25-36/h8-17,21-27,33-35,38-39,41,45-47H,18-20,28-29H2,1-7H3,(H,44,49)(H,50,51)/b9-8+,11-10+,15-12+,21-13+,23-22+,30-14+,31-16+,32-17+/t33-,34-,35-,38-,39+,41-/m1/s1. The fourth-order valence-corrected chi connectivity index (χ4v) is 5.00. The molecule has 0 aromatic heterocycles. The number of hydrogen-bond donors (Lipinski definition) is 5. The minimum absolute atomic E-state index is 0.00254. The number of nitrogens with one attached hydrogen (secondary N) is 1. The van der Waals surface area contributed by atoms with Gasteiger partial charge in [-0.3, -0.25) is 14.4 Å². The number of carbonyl (C=O) groups is 3. The Morgan fingerprint density at radius 2 is 1.38 bits per heavy atom. The van der Waals surface area contributed by atoms with E-state index in [9.17, 15) is 34.8 Å². The van der Waals surface area contributed by atoms with E-state index >= 15 is 0 Å². The molecular weight excluding hydrogens is 658 g/mol. The molecule has 5 N–H and O–H groups in total. The Kier molecular flexibility index (Phi) is 22.2. The zero-order valence-electron chi connectivity index (χ0n) is 31.7. The van der Waals surface area contributed by atoms with Crippen LogP contribution >= 0.6 is 0 Å². The first-order chi connectivity index (χ1) is 24.6. The van der Waals surface area contributed by atoms with Gasteiger partial charge in [-0.25, -0.2) is 0 Å². The van der Waals surface area contributed by atoms with Gasteiger partial charge in [0.05, 0.1) is 24.2 Å². The smallest absolute Gasteiger partial charge is 0.309 e. The lowest BCUT2D eigenvalue weighted by atomic mass is 9.98. The molecule has 0 radical (unpaired) electrons. The third-order valence-corrected chi connectivity index (χ3v) is 8.18. The number of allylic oxidation sites excluding steroid dienone is 12. The van der Waals surface area contributed by atoms with Gasteiger partial charge >= 0.3 is 5.97 Å². The van der Waals surface area contributed by atoms with Crippen LogP contribution in [0.15, 0.2) is 120 Å². The second kappa shape index (κ2) is 25.4. The van der Waals surface area contributed by atoms with Crippen molar-refractivity contribution in [3.63, 3.8) is 0 Å². The molecule has 9 heteroatoms. The molecule has 0 aliphatic carbocycles. The molecular formula is C43H59NO8. The number of hydrogen-bond acceptors (Lipinski definition) is 7. The zero-order chi connectivity index (χ0) is 39.1. The highest BCUT2D eigenvalue weighted by Gasteiger charge is 2.24. The molecule has 0 spiro atoms. The fourth-order valence-electron chi connectivity index (χ4n) is 5.00. The van der Waals surface area contributed by atoms with Crippen molar-refractivity contribution in [1.82, 2.24) is 5.32 Å². The van der Waals surface area contributed by atoms with Crippen molar-refractivity contribution < 1.29 is 39.5 Å². The van der Waals surface area contributed by atoms with E-state index in [1.54, 1.807) is 43.3 Å². The predicted molar refractivity (Wildman–Crippen MR) is 209 cm³/mol. The third-order valence-electron chi connectivity index (χ3n) is 8.18. The van der Waals surface area contributed by atoms with E-state index in [0.717, 1.165) is 22.3 Å². The van der Waals surface area contributed by atoms with Crippen molar-refractivity contribution in [1.29, 1.82) is 0 Å². The fraction of sp³-hybridized carbons (Fsp3) is 0.419. The summed E-state index contributed by atoms with van der Waals surface area (Å²) in [6.07, 6.45) is 23.5. The molecule has 6 atom stereocenters. The number of ether oxygens (including phenoxy) is 1. The van der Waals surface area contributed by atoms with Gasteiger partial charge in [-0.15, -0.1) is 0 Å². The molecule has 1 aromatic rings. The van der Waals surface area contributed by atoms with Gasteiger partial charge in [0, 0.05) is 25.5 Å². The van der Waals surface area contributed by atoms with Gasteiger partial charge in [0.1, 0.15) is 5.75 Å². The molecule has 0 fully saturated rings. The highest BCUT2D eigenvalue weighted by Crippen LogP contribution is 2.17. The first kappa shape index (κ1) is 45.5. The molecule has 1 amide bonds. The number of phenolic OH excluding ortho intramolecular Hbond substituents is 1. The van der Waals surface area contributed by atoms with Crippen LogP contribution in [0.25, 0.3) is 0 Å². The maximum absolute atomic E-state index is 12.6. The summed E-state index contributed by atoms with van der Waals surface area (Å²) in [5.41, 5.74) is 3.59. The Morgan fingerprint density at radius 3 is 2.04 bits per heavy atom. The SMILES string of the molecule is CO[C@H](/C(C)=C/C=C/C=C(C)/C=C/C[C@H](O)CC(=O)/C=C/C=C(C)/C=C/[C@@H](C)NC(=O)[C@H](C)C/C=C/C[C@@H](O)Cc1ccc(O)cc1)[C@@H](C)C(=O)O. The van der Waals surface area contributed by atoms with Crippen LogP contribution in [0.5, 0.6) is 5.75 Å². The van der Waals surface area contributed by atoms with Crippen molar-refractivity contribution in [2.24, 2.45) is 11.8 Å². The quantitative estimate of drug-likeness (QED) is 0.0450. The van der Waals surface area contributed by atoms with Crippen LogP contribution in [0, 0.1) is 11.8 Å². The number of phenols is 1. The number of carbonyl (C=O) groups excluding carboxylic acids is 2. The Bertz CT molecular complexity index is 1510. The van der Waals surface area contributed by atoms with E-state index in [0.29, 0.717) is 25.7 Å². The summed E-state index contributed by atoms with van der Waals surface area (Å²) in [6.45, 7) is 11.0. The van der Waals surface area contributed by atoms with Crippen molar-refractivity contribution in [2.45, 2.75) is 98.0 Å². The number of ketones is 1. The molecule has 0 aliphatic rings. The van der Waals surface area contributed by atoms with Crippen molar-refractivity contribution in [3.05, 3.63) is 126 Å². The Balaban J connectivity index is 2.43. The van der Waals surface area contributed by atoms with Gasteiger partial charge in [0.2, 0.25) is 5.91 Å². The van der Waals surface area contributed by atoms with Crippen LogP contribution in [-0.2, 0) is 25.5 Å². The number of carboxylic acids is 1. The summed E-state index contributed by atoms with van der Waals surface area (Å²) in [7, 11) is 1.49. The van der Waals surface area contributed by atoms with E-state index in [-0.39, 0.29) is 35.8 Å². The second-order valence-electron chi connectivity index (χ2n) is 13.2. The number of aliphatic hydroxyl groups is 2. The van der Waals surface area contributed by atoms with Gasteiger partial charge in [-0.05, 0) is 89.6 Å². The summed E-state index contributed by atoms with van der Waals surface area (Å²) in [6, 6.07) is 6.57. The number of aliphatic hydroxyl groups excluding tert-OH is 2. The van der Waals surface area contributed by atoms with Crippen LogP contribution in [0.1, 0.15) is 72.8 Å². The van der Waals surface area contributed by atoms with Crippen LogP contribution in [-0.4, -0.2) is 69.5 Å². The Morgan fingerprint density at radius 1 is 0.788 bits per heavy atom. The molecule has 0 bridgehead atoms. The number of rotatable bonds is 23. The topological polar surface area (TPSA) is 153 Å². The average Bonchev–Trinajstić information content (AvgIpc) is 3.08. The lowest BCUT2D eigenvalue weighted by Gasteiger charge is -2.19. The number of aromatic hydroxyl groups is 1. The minimum atomic E-state index is -0.916. The van der Waals surface area contributed by atoms with Crippen molar-refractivity contribution in [3.8, 4) is 5.75 Å². The molecule has 0 unspecified atom stereocenters. The van der Waals surface area contributed by atoms with Crippen LogP contribution < -0.4 is 5.32 Å². The maximum atomic E-state index is 12.6. The molecule has 1 rings (SSSR count). The number of carboxylic acid groups (broad SMARTS) is 1. The monoisotopic (exact) mass is 717 g/mol. The summed E-state index contributed by atoms with van der Waals surface area (Å²) in [5.74, 6) is -1.86. The lowest BCUT2D eigenvalue weighted by molar-refractivity contribution is -0.144. The molecule has 0 saturated heterocycles. The normalized spacial score (nSPS) is 16.9. The molecule has 0 heterocycles. The molecule has 52 heavy (non-hydrogen) atoms. The van der Waals surface area contributed by atoms with Gasteiger partial charge in [-0.2, -0.15) is 0 Å². The van der Waals surface area contributed by atoms with Gasteiger partial charge in [0.25, 0.3) is 0 Å². The Labute approximate surface area is 310 Å². The highest BCUT2D eigenvalue weighted by atomic mass is 16.5. The van der Waals surface area contributed by atoms with E-state index in [2.05, 4.69) is 5.32 Å². The lowest BCUT2D eigenvalue weighted by Crippen LogP contribution is -2.35. The number of amides is 1. The van der Waals surface area contributed by atoms with Gasteiger partial charge < -0.3 is 30.5 Å². The highest BCUT2D eigenvalue weighted by molar-refractivity contribution is 5.90. The largest absolute Gasteiger partial charge is 0.508 e. The van der Waals surface area contributed by atoms with Gasteiger partial charge in [-0.1, -0.05) is 103 Å².